The van der Waals surface area contributed by atoms with E-state index in [4.69, 9.17) is 0 Å². The molecule has 4 rings (SSSR count). The van der Waals surface area contributed by atoms with Crippen LogP contribution in [0.25, 0.3) is 10.9 Å². The zero-order valence-corrected chi connectivity index (χ0v) is 21.1. The summed E-state index contributed by atoms with van der Waals surface area (Å²) in [5.41, 5.74) is 5.34. The number of benzene rings is 3. The normalized spacial score (nSPS) is 11.6. The Morgan fingerprint density at radius 3 is 2.39 bits per heavy atom. The molecule has 1 aromatic heterocycles. The number of fused-ring (bicyclic) bond motifs is 1. The number of hydrogen-bond donors (Lipinski definition) is 0. The van der Waals surface area contributed by atoms with E-state index in [2.05, 4.69) is 41.7 Å². The number of hydrazone groups is 1. The van der Waals surface area contributed by atoms with Crippen LogP contribution in [0.5, 0.6) is 0 Å². The highest BCUT2D eigenvalue weighted by atomic mass is 19.2. The number of halogens is 2. The van der Waals surface area contributed by atoms with Crippen molar-refractivity contribution in [3.05, 3.63) is 106 Å². The number of aromatic nitrogens is 1. The van der Waals surface area contributed by atoms with Gasteiger partial charge in [0.1, 0.15) is 0 Å². The molecule has 0 N–H and O–H groups in total. The lowest BCUT2D eigenvalue weighted by Crippen LogP contribution is -2.11. The van der Waals surface area contributed by atoms with Gasteiger partial charge in [-0.15, -0.1) is 0 Å². The minimum atomic E-state index is -0.894. The van der Waals surface area contributed by atoms with E-state index >= 15 is 0 Å². The molecule has 3 aromatic carbocycles. The van der Waals surface area contributed by atoms with Crippen molar-refractivity contribution < 1.29 is 13.6 Å². The van der Waals surface area contributed by atoms with Crippen LogP contribution >= 0.6 is 0 Å². The summed E-state index contributed by atoms with van der Waals surface area (Å²) in [6, 6.07) is 20.0. The van der Waals surface area contributed by atoms with Crippen LogP contribution in [0, 0.1) is 11.6 Å². The van der Waals surface area contributed by atoms with Gasteiger partial charge < -0.3 is 9.58 Å². The second-order valence-corrected chi connectivity index (χ2v) is 9.53. The molecular formula is C30H31F2N3O. The van der Waals surface area contributed by atoms with Crippen LogP contribution in [-0.4, -0.2) is 35.7 Å². The fourth-order valence-electron chi connectivity index (χ4n) is 4.56. The largest absolute Gasteiger partial charge is 0.339 e. The Balaban J connectivity index is 1.80. The minimum Gasteiger partial charge on any atom is -0.339 e. The molecule has 0 saturated heterocycles. The van der Waals surface area contributed by atoms with E-state index in [-0.39, 0.29) is 18.1 Å². The second-order valence-electron chi connectivity index (χ2n) is 9.53. The van der Waals surface area contributed by atoms with Crippen LogP contribution in [0.2, 0.25) is 0 Å². The van der Waals surface area contributed by atoms with Crippen LogP contribution in [0.3, 0.4) is 0 Å². The van der Waals surface area contributed by atoms with Crippen molar-refractivity contribution in [2.45, 2.75) is 39.2 Å². The van der Waals surface area contributed by atoms with Gasteiger partial charge in [0.05, 0.1) is 6.21 Å². The lowest BCUT2D eigenvalue weighted by atomic mass is 9.96. The molecule has 4 nitrogen and oxygen atoms in total. The van der Waals surface area contributed by atoms with Gasteiger partial charge in [-0.25, -0.2) is 8.78 Å². The van der Waals surface area contributed by atoms with Crippen molar-refractivity contribution in [3.8, 4) is 0 Å². The molecule has 0 radical (unpaired) electrons. The summed E-state index contributed by atoms with van der Waals surface area (Å²) in [6.07, 6.45) is 2.35. The predicted octanol–water partition coefficient (Wildman–Crippen LogP) is 6.80. The molecule has 1 heterocycles. The molecule has 6 heteroatoms. The van der Waals surface area contributed by atoms with Gasteiger partial charge in [0.2, 0.25) is 0 Å². The van der Waals surface area contributed by atoms with Crippen molar-refractivity contribution in [1.82, 2.24) is 9.58 Å². The summed E-state index contributed by atoms with van der Waals surface area (Å²) >= 11 is 0. The molecule has 0 unspecified atom stereocenters. The van der Waals surface area contributed by atoms with E-state index < -0.39 is 11.6 Å². The molecule has 0 atom stereocenters. The zero-order valence-electron chi connectivity index (χ0n) is 21.1. The van der Waals surface area contributed by atoms with Crippen LogP contribution < -0.4 is 0 Å². The van der Waals surface area contributed by atoms with Crippen LogP contribution in [-0.2, 0) is 13.0 Å². The molecular weight excluding hydrogens is 456 g/mol. The first kappa shape index (κ1) is 25.3. The van der Waals surface area contributed by atoms with Gasteiger partial charge >= 0.3 is 0 Å². The number of rotatable bonds is 9. The monoisotopic (exact) mass is 487 g/mol. The average molecular weight is 488 g/mol. The van der Waals surface area contributed by atoms with Gasteiger partial charge in [0, 0.05) is 49.2 Å². The SMILES string of the molecule is CC(C)c1c(C(=O)CCc2ccc(F)c(F)c2)c2ccc(/C=N/N(C)C)cc2n1Cc1ccccc1. The first-order valence-electron chi connectivity index (χ1n) is 12.1. The summed E-state index contributed by atoms with van der Waals surface area (Å²) in [7, 11) is 3.74. The molecule has 0 spiro atoms. The number of ketones is 1. The predicted molar refractivity (Wildman–Crippen MR) is 142 cm³/mol. The maximum absolute atomic E-state index is 13.7. The lowest BCUT2D eigenvalue weighted by molar-refractivity contribution is 0.0983. The van der Waals surface area contributed by atoms with E-state index in [9.17, 15) is 13.6 Å². The number of nitrogens with zero attached hydrogens (tertiary/aromatic N) is 3. The number of aryl methyl sites for hydroxylation is 1. The molecule has 36 heavy (non-hydrogen) atoms. The quantitative estimate of drug-likeness (QED) is 0.148. The fourth-order valence-corrected chi connectivity index (χ4v) is 4.56. The lowest BCUT2D eigenvalue weighted by Gasteiger charge is -2.15. The van der Waals surface area contributed by atoms with Gasteiger partial charge in [-0.3, -0.25) is 4.79 Å². The topological polar surface area (TPSA) is 37.6 Å². The maximum atomic E-state index is 13.7. The Labute approximate surface area is 210 Å². The molecule has 186 valence electrons. The highest BCUT2D eigenvalue weighted by Crippen LogP contribution is 2.34. The van der Waals surface area contributed by atoms with Crippen molar-refractivity contribution in [1.29, 1.82) is 0 Å². The van der Waals surface area contributed by atoms with E-state index in [0.29, 0.717) is 24.1 Å². The van der Waals surface area contributed by atoms with Crippen molar-refractivity contribution in [2.75, 3.05) is 14.1 Å². The van der Waals surface area contributed by atoms with Gasteiger partial charge in [-0.1, -0.05) is 62.4 Å². The van der Waals surface area contributed by atoms with E-state index in [1.165, 1.54) is 12.1 Å². The van der Waals surface area contributed by atoms with Crippen LogP contribution in [0.4, 0.5) is 8.78 Å². The highest BCUT2D eigenvalue weighted by Gasteiger charge is 2.24. The maximum Gasteiger partial charge on any atom is 0.165 e. The average Bonchev–Trinajstić information content (AvgIpc) is 3.17. The van der Waals surface area contributed by atoms with Crippen LogP contribution in [0.1, 0.15) is 58.9 Å². The summed E-state index contributed by atoms with van der Waals surface area (Å²) in [5.74, 6) is -1.68. The van der Waals surface area contributed by atoms with Crippen molar-refractivity contribution in [2.24, 2.45) is 5.10 Å². The van der Waals surface area contributed by atoms with Crippen molar-refractivity contribution in [3.63, 3.8) is 0 Å². The van der Waals surface area contributed by atoms with Crippen molar-refractivity contribution >= 4 is 22.9 Å². The standard InChI is InChI=1S/C30H31F2N3O/c1-20(2)30-29(28(36)15-12-21-11-14-25(31)26(32)16-21)24-13-10-23(18-33-34(3)4)17-27(24)35(30)19-22-8-6-5-7-9-22/h5-11,13-14,16-18,20H,12,15,19H2,1-4H3/b33-18+. The molecule has 0 fully saturated rings. The van der Waals surface area contributed by atoms with Gasteiger partial charge in [0.25, 0.3) is 0 Å². The Morgan fingerprint density at radius 1 is 0.972 bits per heavy atom. The number of Topliss-reactive ketones (excluding diaryl/α,β-unsaturated/α-hetero) is 1. The Morgan fingerprint density at radius 2 is 1.72 bits per heavy atom. The summed E-state index contributed by atoms with van der Waals surface area (Å²) < 4.78 is 29.3. The number of carbonyl (C=O) groups is 1. The van der Waals surface area contributed by atoms with Gasteiger partial charge in [0.15, 0.2) is 17.4 Å². The second kappa shape index (κ2) is 10.9. The summed E-state index contributed by atoms with van der Waals surface area (Å²) in [4.78, 5) is 13.7. The number of carbonyl (C=O) groups excluding carboxylic acids is 1. The van der Waals surface area contributed by atoms with Crippen LogP contribution in [0.15, 0.2) is 71.8 Å². The smallest absolute Gasteiger partial charge is 0.165 e. The Kier molecular flexibility index (Phi) is 7.63. The molecule has 0 aliphatic carbocycles. The third kappa shape index (κ3) is 5.54. The molecule has 4 aromatic rings. The summed E-state index contributed by atoms with van der Waals surface area (Å²) in [6.45, 7) is 4.82. The highest BCUT2D eigenvalue weighted by molar-refractivity contribution is 6.10. The first-order valence-corrected chi connectivity index (χ1v) is 12.1. The summed E-state index contributed by atoms with van der Waals surface area (Å²) in [5, 5.41) is 7.00. The van der Waals surface area contributed by atoms with E-state index in [0.717, 1.165) is 33.8 Å². The zero-order chi connectivity index (χ0) is 25.8. The molecule has 0 bridgehead atoms. The number of hydrogen-bond acceptors (Lipinski definition) is 3. The van der Waals surface area contributed by atoms with Gasteiger partial charge in [-0.2, -0.15) is 5.10 Å². The third-order valence-electron chi connectivity index (χ3n) is 6.20. The van der Waals surface area contributed by atoms with E-state index in [1.54, 1.807) is 11.2 Å². The fraction of sp³-hybridized carbons (Fsp3) is 0.267. The Bertz CT molecular complexity index is 1400. The van der Waals surface area contributed by atoms with E-state index in [1.807, 2.05) is 44.4 Å². The molecule has 0 aliphatic heterocycles. The minimum absolute atomic E-state index is 0.00467. The first-order chi connectivity index (χ1) is 17.2. The molecule has 0 amide bonds. The Hall–Kier alpha value is -3.80. The van der Waals surface area contributed by atoms with Gasteiger partial charge in [-0.05, 0) is 47.2 Å². The third-order valence-corrected chi connectivity index (χ3v) is 6.20. The molecule has 0 saturated carbocycles. The molecule has 0 aliphatic rings.